The minimum Gasteiger partial charge on any atom is -0.481 e. The Morgan fingerprint density at radius 1 is 1.23 bits per heavy atom. The molecule has 1 fully saturated rings. The lowest BCUT2D eigenvalue weighted by Gasteiger charge is -2.31. The average Bonchev–Trinajstić information content (AvgIpc) is 3.54. The molecule has 1 aromatic heterocycles. The molecule has 0 bridgehead atoms. The molecule has 2 aromatic rings. The number of carbonyl (C=O) groups is 2. The summed E-state index contributed by atoms with van der Waals surface area (Å²) in [7, 11) is 0. The number of benzene rings is 1. The Hall–Kier alpha value is -3.17. The third kappa shape index (κ3) is 6.53. The molecule has 3 heterocycles. The van der Waals surface area contributed by atoms with Crippen LogP contribution in [0.25, 0.3) is 0 Å². The van der Waals surface area contributed by atoms with E-state index in [1.54, 1.807) is 17.3 Å². The summed E-state index contributed by atoms with van der Waals surface area (Å²) in [6.07, 6.45) is 7.89. The molecule has 2 aliphatic heterocycles. The van der Waals surface area contributed by atoms with Crippen LogP contribution in [0.5, 0.6) is 11.5 Å². The van der Waals surface area contributed by atoms with Crippen molar-refractivity contribution in [1.82, 2.24) is 9.88 Å². The number of anilines is 1. The first-order chi connectivity index (χ1) is 18.9. The van der Waals surface area contributed by atoms with E-state index in [2.05, 4.69) is 30.7 Å². The molecule has 1 aromatic carbocycles. The zero-order chi connectivity index (χ0) is 27.9. The number of aliphatic hydroxyl groups is 1. The standard InChI is InChI=1S/C30H41N3O6/c1-4-6-11-33(23-9-7-10-31-15-23)27(35)17-32-16-24(28(30(36)37)25(32)12-20(3)8-5-2)21-13-22(18-34)29-26(14-21)38-19-39-29/h7,9-10,13-15,20,24-25,28,34H,4-6,8,11-12,16-19H2,1-3H3,(H,36,37)/t20?,24-,25+,28-/m1/s1. The number of aliphatic hydroxyl groups excluding tert-OH is 1. The first-order valence-corrected chi connectivity index (χ1v) is 14.1. The van der Waals surface area contributed by atoms with E-state index < -0.39 is 11.9 Å². The van der Waals surface area contributed by atoms with Crippen molar-refractivity contribution in [2.75, 3.05) is 31.3 Å². The van der Waals surface area contributed by atoms with Crippen molar-refractivity contribution in [3.8, 4) is 11.5 Å². The van der Waals surface area contributed by atoms with Crippen molar-refractivity contribution in [2.45, 2.75) is 71.4 Å². The molecule has 4 rings (SSSR count). The number of carboxylic acids is 1. The molecule has 1 unspecified atom stereocenters. The van der Waals surface area contributed by atoms with E-state index in [9.17, 15) is 19.8 Å². The predicted octanol–water partition coefficient (Wildman–Crippen LogP) is 4.43. The first kappa shape index (κ1) is 28.8. The highest BCUT2D eigenvalue weighted by atomic mass is 16.7. The van der Waals surface area contributed by atoms with Crippen LogP contribution in [0.2, 0.25) is 0 Å². The molecule has 4 atom stereocenters. The minimum absolute atomic E-state index is 0.0592. The van der Waals surface area contributed by atoms with Gasteiger partial charge in [-0.1, -0.05) is 40.0 Å². The number of nitrogens with zero attached hydrogens (tertiary/aromatic N) is 3. The van der Waals surface area contributed by atoms with Crippen LogP contribution in [-0.2, 0) is 16.2 Å². The number of ether oxygens (including phenoxy) is 2. The van der Waals surface area contributed by atoms with Crippen molar-refractivity contribution in [2.24, 2.45) is 11.8 Å². The van der Waals surface area contributed by atoms with Gasteiger partial charge in [0.1, 0.15) is 0 Å². The van der Waals surface area contributed by atoms with Gasteiger partial charge in [0, 0.05) is 36.8 Å². The second-order valence-electron chi connectivity index (χ2n) is 10.8. The van der Waals surface area contributed by atoms with E-state index in [1.165, 1.54) is 0 Å². The molecule has 0 saturated carbocycles. The van der Waals surface area contributed by atoms with Crippen LogP contribution >= 0.6 is 0 Å². The van der Waals surface area contributed by atoms with Crippen molar-refractivity contribution in [3.05, 3.63) is 47.8 Å². The molecule has 2 aliphatic rings. The Morgan fingerprint density at radius 2 is 2.05 bits per heavy atom. The maximum atomic E-state index is 13.8. The van der Waals surface area contributed by atoms with Gasteiger partial charge in [-0.2, -0.15) is 0 Å². The molecular formula is C30H41N3O6. The summed E-state index contributed by atoms with van der Waals surface area (Å²) >= 11 is 0. The van der Waals surface area contributed by atoms with Crippen LogP contribution in [0, 0.1) is 11.8 Å². The lowest BCUT2D eigenvalue weighted by Crippen LogP contribution is -2.45. The summed E-state index contributed by atoms with van der Waals surface area (Å²) in [6.45, 7) is 7.34. The summed E-state index contributed by atoms with van der Waals surface area (Å²) < 4.78 is 11.1. The number of unbranched alkanes of at least 4 members (excludes halogenated alkanes) is 1. The van der Waals surface area contributed by atoms with Gasteiger partial charge in [0.25, 0.3) is 0 Å². The van der Waals surface area contributed by atoms with E-state index in [0.717, 1.165) is 36.9 Å². The van der Waals surface area contributed by atoms with E-state index in [1.807, 2.05) is 24.3 Å². The number of carboxylic acid groups (broad SMARTS) is 1. The number of carbonyl (C=O) groups excluding carboxylic acids is 1. The fourth-order valence-corrected chi connectivity index (χ4v) is 6.07. The normalized spacial score (nSPS) is 21.2. The fraction of sp³-hybridized carbons (Fsp3) is 0.567. The topological polar surface area (TPSA) is 112 Å². The largest absolute Gasteiger partial charge is 0.481 e. The summed E-state index contributed by atoms with van der Waals surface area (Å²) in [6, 6.07) is 7.07. The molecule has 212 valence electrons. The van der Waals surface area contributed by atoms with Crippen molar-refractivity contribution < 1.29 is 29.3 Å². The summed E-state index contributed by atoms with van der Waals surface area (Å²) in [5.41, 5.74) is 2.12. The van der Waals surface area contributed by atoms with Gasteiger partial charge < -0.3 is 24.6 Å². The third-order valence-corrected chi connectivity index (χ3v) is 7.96. The summed E-state index contributed by atoms with van der Waals surface area (Å²) in [5.74, 6) is -0.652. The van der Waals surface area contributed by atoms with E-state index in [4.69, 9.17) is 9.47 Å². The molecule has 1 amide bonds. The Balaban J connectivity index is 1.67. The van der Waals surface area contributed by atoms with Gasteiger partial charge in [-0.15, -0.1) is 0 Å². The molecule has 2 N–H and O–H groups in total. The number of aromatic nitrogens is 1. The second-order valence-corrected chi connectivity index (χ2v) is 10.8. The molecular weight excluding hydrogens is 498 g/mol. The van der Waals surface area contributed by atoms with Crippen LogP contribution in [0.1, 0.15) is 69.9 Å². The zero-order valence-corrected chi connectivity index (χ0v) is 23.2. The summed E-state index contributed by atoms with van der Waals surface area (Å²) in [4.78, 5) is 34.6. The lowest BCUT2D eigenvalue weighted by molar-refractivity contribution is -0.143. The van der Waals surface area contributed by atoms with Crippen molar-refractivity contribution in [3.63, 3.8) is 0 Å². The fourth-order valence-electron chi connectivity index (χ4n) is 6.07. The highest BCUT2D eigenvalue weighted by Gasteiger charge is 2.48. The van der Waals surface area contributed by atoms with Crippen LogP contribution < -0.4 is 14.4 Å². The number of fused-ring (bicyclic) bond motifs is 1. The highest BCUT2D eigenvalue weighted by Crippen LogP contribution is 2.45. The quantitative estimate of drug-likeness (QED) is 0.385. The minimum atomic E-state index is -0.873. The third-order valence-electron chi connectivity index (χ3n) is 7.96. The van der Waals surface area contributed by atoms with Crippen LogP contribution in [0.15, 0.2) is 36.7 Å². The Labute approximate surface area is 230 Å². The van der Waals surface area contributed by atoms with Crippen molar-refractivity contribution in [1.29, 1.82) is 0 Å². The molecule has 1 saturated heterocycles. The highest BCUT2D eigenvalue weighted by molar-refractivity contribution is 5.94. The number of hydrogen-bond acceptors (Lipinski definition) is 7. The van der Waals surface area contributed by atoms with Crippen LogP contribution in [-0.4, -0.2) is 64.4 Å². The Kier molecular flexibility index (Phi) is 9.80. The van der Waals surface area contributed by atoms with Crippen LogP contribution in [0.3, 0.4) is 0 Å². The Morgan fingerprint density at radius 3 is 2.72 bits per heavy atom. The van der Waals surface area contributed by atoms with Gasteiger partial charge in [-0.3, -0.25) is 19.5 Å². The van der Waals surface area contributed by atoms with E-state index in [0.29, 0.717) is 42.5 Å². The molecule has 0 aliphatic carbocycles. The number of amides is 1. The van der Waals surface area contributed by atoms with Gasteiger partial charge >= 0.3 is 5.97 Å². The molecule has 39 heavy (non-hydrogen) atoms. The van der Waals surface area contributed by atoms with Gasteiger partial charge in [-0.05, 0) is 48.6 Å². The van der Waals surface area contributed by atoms with Crippen molar-refractivity contribution >= 4 is 17.6 Å². The number of pyridine rings is 1. The number of hydrogen-bond donors (Lipinski definition) is 2. The lowest BCUT2D eigenvalue weighted by atomic mass is 9.81. The second kappa shape index (κ2) is 13.3. The van der Waals surface area contributed by atoms with E-state index in [-0.39, 0.29) is 37.8 Å². The molecule has 9 heteroatoms. The smallest absolute Gasteiger partial charge is 0.308 e. The SMILES string of the molecule is CCCCN(C(=O)CN1C[C@H](c2cc(CO)c3c(c2)OCO3)[C@@H](C(=O)O)[C@@H]1CC(C)CCC)c1cccnc1. The number of rotatable bonds is 13. The first-order valence-electron chi connectivity index (χ1n) is 14.1. The zero-order valence-electron chi connectivity index (χ0n) is 23.2. The molecule has 9 nitrogen and oxygen atoms in total. The predicted molar refractivity (Wildman–Crippen MR) is 148 cm³/mol. The molecule has 0 spiro atoms. The maximum absolute atomic E-state index is 13.8. The van der Waals surface area contributed by atoms with Crippen LogP contribution in [0.4, 0.5) is 5.69 Å². The summed E-state index contributed by atoms with van der Waals surface area (Å²) in [5, 5.41) is 20.5. The number of likely N-dealkylation sites (tertiary alicyclic amines) is 1. The number of aliphatic carboxylic acids is 1. The van der Waals surface area contributed by atoms with Gasteiger partial charge in [-0.25, -0.2) is 0 Å². The van der Waals surface area contributed by atoms with Gasteiger partial charge in [0.2, 0.25) is 12.7 Å². The van der Waals surface area contributed by atoms with Gasteiger partial charge in [0.05, 0.1) is 31.0 Å². The maximum Gasteiger partial charge on any atom is 0.308 e. The monoisotopic (exact) mass is 539 g/mol. The average molecular weight is 540 g/mol. The van der Waals surface area contributed by atoms with Gasteiger partial charge in [0.15, 0.2) is 11.5 Å². The molecule has 0 radical (unpaired) electrons. The Bertz CT molecular complexity index is 1130. The van der Waals surface area contributed by atoms with E-state index >= 15 is 0 Å².